The second kappa shape index (κ2) is 34.6. The van der Waals surface area contributed by atoms with Gasteiger partial charge in [0.25, 0.3) is 0 Å². The molecule has 6 rings (SSSR count). The van der Waals surface area contributed by atoms with Gasteiger partial charge in [-0.25, -0.2) is 22.5 Å². The maximum atomic E-state index is 13.6. The molecule has 73 heavy (non-hydrogen) atoms. The van der Waals surface area contributed by atoms with Crippen LogP contribution in [0.3, 0.4) is 0 Å². The average Bonchev–Trinajstić information content (AvgIpc) is 4.12. The lowest BCUT2D eigenvalue weighted by Crippen LogP contribution is -2.49. The number of benzene rings is 1. The predicted molar refractivity (Wildman–Crippen MR) is 257 cm³/mol. The Bertz CT molecular complexity index is 2190. The fourth-order valence-corrected chi connectivity index (χ4v) is 8.31. The minimum atomic E-state index is -1.95. The van der Waals surface area contributed by atoms with Gasteiger partial charge in [0, 0.05) is 40.1 Å². The zero-order valence-corrected chi connectivity index (χ0v) is 42.8. The van der Waals surface area contributed by atoms with Crippen LogP contribution in [0.15, 0.2) is 24.5 Å². The number of primary amides is 1. The lowest BCUT2D eigenvalue weighted by molar-refractivity contribution is -0.136. The van der Waals surface area contributed by atoms with E-state index in [1.165, 1.54) is 0 Å². The number of carbonyl (C=O) groups is 2. The van der Waals surface area contributed by atoms with Crippen molar-refractivity contribution in [2.75, 3.05) is 123 Å². The molecule has 30 heteroatoms. The second-order valence-corrected chi connectivity index (χ2v) is 18.6. The largest absolute Gasteiger partial charge is 0.420 e. The number of nitrogens with zero attached hydrogens (tertiary/aromatic N) is 8. The van der Waals surface area contributed by atoms with Crippen molar-refractivity contribution in [2.24, 2.45) is 5.73 Å². The van der Waals surface area contributed by atoms with Gasteiger partial charge in [-0.1, -0.05) is 5.21 Å². The number of hydrogen-bond donors (Lipinski definition) is 3. The molecule has 4 N–H and O–H groups in total. The summed E-state index contributed by atoms with van der Waals surface area (Å²) in [5.74, 6) is -4.61. The highest BCUT2D eigenvalue weighted by Crippen LogP contribution is 2.38. The highest BCUT2D eigenvalue weighted by Gasteiger charge is 2.34. The molecule has 0 saturated carbocycles. The average molecular weight is 1100 g/mol. The first-order valence-corrected chi connectivity index (χ1v) is 26.3. The first-order valence-electron chi connectivity index (χ1n) is 23.4. The molecule has 2 fully saturated rings. The number of rotatable bonds is 37. The van der Waals surface area contributed by atoms with Crippen LogP contribution in [-0.4, -0.2) is 187 Å². The van der Waals surface area contributed by atoms with Gasteiger partial charge in [-0.2, -0.15) is 15.1 Å². The smallest absolute Gasteiger partial charge is 0.313 e. The molecule has 1 amide bonds. The zero-order chi connectivity index (χ0) is 52.0. The van der Waals surface area contributed by atoms with Crippen LogP contribution in [0.4, 0.5) is 19.0 Å². The van der Waals surface area contributed by atoms with Crippen LogP contribution in [0.2, 0.25) is 5.28 Å². The third-order valence-electron chi connectivity index (χ3n) is 10.5. The van der Waals surface area contributed by atoms with Crippen LogP contribution in [0.1, 0.15) is 44.0 Å². The Morgan fingerprint density at radius 1 is 0.849 bits per heavy atom. The number of fused-ring (bicyclic) bond motifs is 1. The Balaban J connectivity index is 0.00000321. The molecular formula is C43H63ClF3N9O15P2. The summed E-state index contributed by atoms with van der Waals surface area (Å²) in [6.45, 7) is 7.44. The highest BCUT2D eigenvalue weighted by molar-refractivity contribution is 7.58. The van der Waals surface area contributed by atoms with Gasteiger partial charge >= 0.3 is 5.97 Å². The number of aromatic nitrogens is 7. The van der Waals surface area contributed by atoms with Gasteiger partial charge in [0.05, 0.1) is 148 Å². The number of ether oxygens (including phenoxy) is 10. The lowest BCUT2D eigenvalue weighted by Gasteiger charge is -2.42. The summed E-state index contributed by atoms with van der Waals surface area (Å²) in [6, 6.07) is 1.09. The van der Waals surface area contributed by atoms with Gasteiger partial charge < -0.3 is 72.3 Å². The van der Waals surface area contributed by atoms with Crippen LogP contribution < -0.4 is 15.4 Å². The van der Waals surface area contributed by atoms with Gasteiger partial charge in [0.2, 0.25) is 17.4 Å². The van der Waals surface area contributed by atoms with Crippen molar-refractivity contribution in [2.45, 2.75) is 63.6 Å². The normalized spacial score (nSPS) is 16.7. The molecule has 2 saturated heterocycles. The fourth-order valence-electron chi connectivity index (χ4n) is 7.02. The Morgan fingerprint density at radius 2 is 1.45 bits per heavy atom. The van der Waals surface area contributed by atoms with Crippen molar-refractivity contribution in [3.63, 3.8) is 0 Å². The van der Waals surface area contributed by atoms with Crippen LogP contribution >= 0.6 is 28.8 Å². The summed E-state index contributed by atoms with van der Waals surface area (Å²) >= 11 is 6.41. The van der Waals surface area contributed by atoms with E-state index in [1.54, 1.807) is 21.8 Å². The Morgan fingerprint density at radius 3 is 2.07 bits per heavy atom. The van der Waals surface area contributed by atoms with E-state index < -0.39 is 37.5 Å². The lowest BCUT2D eigenvalue weighted by atomic mass is 9.99. The van der Waals surface area contributed by atoms with E-state index in [9.17, 15) is 18.0 Å². The van der Waals surface area contributed by atoms with Crippen molar-refractivity contribution >= 4 is 58.0 Å². The topological polar surface area (TPSA) is 280 Å². The molecule has 3 aromatic heterocycles. The number of hydrogen-bond acceptors (Lipinski definition) is 21. The van der Waals surface area contributed by atoms with Crippen LogP contribution in [0.25, 0.3) is 11.0 Å². The maximum absolute atomic E-state index is 13.6. The molecular weight excluding hydrogens is 1040 g/mol. The molecule has 408 valence electrons. The Labute approximate surface area is 427 Å². The molecule has 0 spiro atoms. The van der Waals surface area contributed by atoms with Gasteiger partial charge in [-0.15, -0.1) is 5.10 Å². The van der Waals surface area contributed by atoms with Gasteiger partial charge in [0.1, 0.15) is 17.3 Å². The first kappa shape index (κ1) is 60.0. The zero-order valence-electron chi connectivity index (χ0n) is 40.1. The van der Waals surface area contributed by atoms with E-state index in [1.807, 2.05) is 0 Å². The molecule has 0 bridgehead atoms. The molecule has 4 atom stereocenters. The number of anilines is 1. The summed E-state index contributed by atoms with van der Waals surface area (Å²) in [4.78, 5) is 49.8. The van der Waals surface area contributed by atoms with E-state index in [0.717, 1.165) is 43.4 Å². The fraction of sp³-hybridized carbons (Fsp3) is 0.651. The third kappa shape index (κ3) is 22.1. The number of halogens is 4. The maximum Gasteiger partial charge on any atom is 0.313 e. The van der Waals surface area contributed by atoms with Gasteiger partial charge in [-0.3, -0.25) is 9.59 Å². The van der Waals surface area contributed by atoms with E-state index in [0.29, 0.717) is 123 Å². The molecule has 0 radical (unpaired) electrons. The minimum absolute atomic E-state index is 0.0167. The molecule has 24 nitrogen and oxygen atoms in total. The van der Waals surface area contributed by atoms with Gasteiger partial charge in [-0.05, 0) is 37.3 Å². The first-order chi connectivity index (χ1) is 35.6. The van der Waals surface area contributed by atoms with Crippen molar-refractivity contribution in [1.82, 2.24) is 34.7 Å². The number of amides is 1. The van der Waals surface area contributed by atoms with Crippen molar-refractivity contribution in [3.8, 4) is 5.75 Å². The Kier molecular flexibility index (Phi) is 28.5. The van der Waals surface area contributed by atoms with Crippen LogP contribution in [-0.2, 0) is 69.9 Å². The summed E-state index contributed by atoms with van der Waals surface area (Å²) in [6.07, 6.45) is 6.48. The molecule has 4 unspecified atom stereocenters. The summed E-state index contributed by atoms with van der Waals surface area (Å²) < 4.78 is 104. The number of nitrogens with two attached hydrogens (primary N) is 1. The van der Waals surface area contributed by atoms with Crippen LogP contribution in [0, 0.1) is 17.5 Å². The van der Waals surface area contributed by atoms with E-state index in [-0.39, 0.29) is 71.0 Å². The Hall–Kier alpha value is -3.89. The SMILES string of the molecule is NC=O.O=C(CCOCCOCCOCCOCCn1cc(COCCOCCOCCOCCC2CCN2c2nc(Cl)nc3c2cnn3C2CCC(COPCP(O)O)O2)nn1)Oc1c(F)cc(F)cc1F. The highest BCUT2D eigenvalue weighted by atomic mass is 35.5. The number of carbonyl (C=O) groups excluding carboxylic acids is 2. The molecule has 0 aliphatic carbocycles. The van der Waals surface area contributed by atoms with E-state index in [4.69, 9.17) is 73.3 Å². The quantitative estimate of drug-likeness (QED) is 0.0146. The molecule has 2 aliphatic heterocycles. The van der Waals surface area contributed by atoms with Crippen molar-refractivity contribution < 1.29 is 84.4 Å². The molecule has 2 aliphatic rings. The summed E-state index contributed by atoms with van der Waals surface area (Å²) in [5.41, 5.74) is 5.47. The summed E-state index contributed by atoms with van der Waals surface area (Å²) in [5, 5.41) is 13.8. The van der Waals surface area contributed by atoms with Crippen molar-refractivity contribution in [3.05, 3.63) is 53.0 Å². The van der Waals surface area contributed by atoms with Crippen molar-refractivity contribution in [1.29, 1.82) is 0 Å². The third-order valence-corrected chi connectivity index (χ3v) is 12.7. The second-order valence-electron chi connectivity index (χ2n) is 15.7. The monoisotopic (exact) mass is 1100 g/mol. The predicted octanol–water partition coefficient (Wildman–Crippen LogP) is 3.43. The van der Waals surface area contributed by atoms with Gasteiger partial charge in [0.15, 0.2) is 31.9 Å². The van der Waals surface area contributed by atoms with E-state index >= 15 is 0 Å². The molecule has 1 aromatic carbocycles. The molecule has 5 heterocycles. The van der Waals surface area contributed by atoms with Crippen LogP contribution in [0.5, 0.6) is 5.75 Å². The molecule has 4 aromatic rings. The number of esters is 1. The van der Waals surface area contributed by atoms with E-state index in [2.05, 4.69) is 40.7 Å². The minimum Gasteiger partial charge on any atom is -0.420 e. The summed E-state index contributed by atoms with van der Waals surface area (Å²) in [7, 11) is -1.94. The standard InChI is InChI=1S/C42H60ClF3N8O14P2.CH3NO/c43-42-48-40(34-25-47-54(41(34)49-42)37-2-1-33(67-37)28-66-69-29-70(56)57)53-6-3-32(53)4-8-58-11-14-61-19-20-64-21-22-65-27-31-26-52(51-50-31)7-10-60-13-16-63-18-17-62-15-12-59-9-5-38(55)68-39-35(45)23-30(44)24-36(39)46;2-1-3/h23-26,32-33,37,56-57,69H,1-22,27-29H2;1H,(H2,2,3).